The largest absolute Gasteiger partial charge is 0.493 e. The van der Waals surface area contributed by atoms with Crippen molar-refractivity contribution in [3.63, 3.8) is 0 Å². The molecule has 0 fully saturated rings. The van der Waals surface area contributed by atoms with E-state index < -0.39 is 0 Å². The first-order valence-electron chi connectivity index (χ1n) is 7.47. The molecule has 4 aromatic rings. The highest BCUT2D eigenvalue weighted by Gasteiger charge is 2.14. The molecule has 6 nitrogen and oxygen atoms in total. The Kier molecular flexibility index (Phi) is 4.25. The minimum atomic E-state index is 0.328. The lowest BCUT2D eigenvalue weighted by Gasteiger charge is -2.08. The van der Waals surface area contributed by atoms with Crippen LogP contribution in [0.5, 0.6) is 11.5 Å². The fourth-order valence-corrected chi connectivity index (χ4v) is 3.24. The lowest BCUT2D eigenvalue weighted by molar-refractivity contribution is 0.283. The Bertz CT molecular complexity index is 1010. The predicted molar refractivity (Wildman–Crippen MR) is 96.4 cm³/mol. The van der Waals surface area contributed by atoms with Crippen molar-refractivity contribution in [2.75, 3.05) is 7.11 Å². The van der Waals surface area contributed by atoms with Gasteiger partial charge in [-0.2, -0.15) is 9.61 Å². The maximum absolute atomic E-state index is 5.94. The van der Waals surface area contributed by atoms with E-state index in [1.807, 2.05) is 48.5 Å². The maximum atomic E-state index is 5.94. The standard InChI is InChI=1S/C17H13ClN4O2S/c1-23-13-4-2-3-5-14(13)24-10-15-21-22-16(19-20-17(22)25-15)11-6-8-12(18)9-7-11/h2-9H,10H2,1H3. The van der Waals surface area contributed by atoms with Crippen LogP contribution in [0.2, 0.25) is 5.02 Å². The van der Waals surface area contributed by atoms with E-state index in [-0.39, 0.29) is 0 Å². The van der Waals surface area contributed by atoms with E-state index in [9.17, 15) is 0 Å². The van der Waals surface area contributed by atoms with E-state index in [0.29, 0.717) is 33.9 Å². The van der Waals surface area contributed by atoms with Crippen molar-refractivity contribution >= 4 is 27.9 Å². The van der Waals surface area contributed by atoms with Crippen molar-refractivity contribution in [2.24, 2.45) is 0 Å². The van der Waals surface area contributed by atoms with Crippen LogP contribution in [0.4, 0.5) is 0 Å². The molecule has 0 atom stereocenters. The highest BCUT2D eigenvalue weighted by Crippen LogP contribution is 2.28. The molecule has 0 saturated carbocycles. The molecule has 8 heteroatoms. The number of para-hydroxylation sites is 2. The van der Waals surface area contributed by atoms with Crippen LogP contribution in [0.15, 0.2) is 48.5 Å². The van der Waals surface area contributed by atoms with Gasteiger partial charge < -0.3 is 9.47 Å². The van der Waals surface area contributed by atoms with Crippen LogP contribution in [0, 0.1) is 0 Å². The van der Waals surface area contributed by atoms with E-state index in [1.54, 1.807) is 11.6 Å². The van der Waals surface area contributed by atoms with Gasteiger partial charge in [-0.15, -0.1) is 10.2 Å². The Hall–Kier alpha value is -2.64. The van der Waals surface area contributed by atoms with Gasteiger partial charge in [0.25, 0.3) is 0 Å². The van der Waals surface area contributed by atoms with Crippen LogP contribution < -0.4 is 9.47 Å². The van der Waals surface area contributed by atoms with Crippen LogP contribution in [-0.4, -0.2) is 26.9 Å². The number of aromatic nitrogens is 4. The summed E-state index contributed by atoms with van der Waals surface area (Å²) in [6, 6.07) is 14.9. The van der Waals surface area contributed by atoms with Crippen molar-refractivity contribution in [3.05, 3.63) is 58.6 Å². The quantitative estimate of drug-likeness (QED) is 0.528. The molecule has 0 aliphatic carbocycles. The van der Waals surface area contributed by atoms with E-state index in [1.165, 1.54) is 11.3 Å². The lowest BCUT2D eigenvalue weighted by Crippen LogP contribution is -1.99. The second kappa shape index (κ2) is 6.70. The first-order chi connectivity index (χ1) is 12.2. The average molecular weight is 373 g/mol. The Balaban J connectivity index is 1.59. The summed E-state index contributed by atoms with van der Waals surface area (Å²) in [6.07, 6.45) is 0. The molecule has 0 amide bonds. The highest BCUT2D eigenvalue weighted by molar-refractivity contribution is 7.16. The van der Waals surface area contributed by atoms with E-state index in [2.05, 4.69) is 15.3 Å². The normalized spacial score (nSPS) is 11.0. The summed E-state index contributed by atoms with van der Waals surface area (Å²) in [5.74, 6) is 2.03. The van der Waals surface area contributed by atoms with Crippen molar-refractivity contribution in [2.45, 2.75) is 6.61 Å². The molecule has 2 heterocycles. The fraction of sp³-hybridized carbons (Fsp3) is 0.118. The molecule has 0 radical (unpaired) electrons. The zero-order valence-electron chi connectivity index (χ0n) is 13.2. The minimum absolute atomic E-state index is 0.328. The van der Waals surface area contributed by atoms with Crippen LogP contribution in [0.25, 0.3) is 16.3 Å². The van der Waals surface area contributed by atoms with Crippen molar-refractivity contribution < 1.29 is 9.47 Å². The second-order valence-corrected chi connectivity index (χ2v) is 6.64. The zero-order valence-corrected chi connectivity index (χ0v) is 14.8. The molecule has 4 rings (SSSR count). The van der Waals surface area contributed by atoms with Gasteiger partial charge in [0, 0.05) is 10.6 Å². The average Bonchev–Trinajstić information content (AvgIpc) is 3.21. The number of hydrogen-bond acceptors (Lipinski definition) is 6. The van der Waals surface area contributed by atoms with Crippen molar-refractivity contribution in [1.29, 1.82) is 0 Å². The zero-order chi connectivity index (χ0) is 17.2. The molecule has 25 heavy (non-hydrogen) atoms. The Morgan fingerprint density at radius 1 is 1.04 bits per heavy atom. The Labute approximate surface area is 152 Å². The molecule has 2 aromatic heterocycles. The third-order valence-corrected chi connectivity index (χ3v) is 4.68. The summed E-state index contributed by atoms with van der Waals surface area (Å²) in [7, 11) is 1.61. The second-order valence-electron chi connectivity index (χ2n) is 5.16. The summed E-state index contributed by atoms with van der Waals surface area (Å²) < 4.78 is 12.8. The number of rotatable bonds is 5. The first-order valence-corrected chi connectivity index (χ1v) is 8.67. The number of ether oxygens (including phenoxy) is 2. The van der Waals surface area contributed by atoms with Gasteiger partial charge in [-0.05, 0) is 36.4 Å². The van der Waals surface area contributed by atoms with Gasteiger partial charge in [0.15, 0.2) is 22.3 Å². The van der Waals surface area contributed by atoms with Gasteiger partial charge in [0.05, 0.1) is 7.11 Å². The SMILES string of the molecule is COc1ccccc1OCc1nn2c(-c3ccc(Cl)cc3)nnc2s1. The summed E-state index contributed by atoms with van der Waals surface area (Å²) in [4.78, 5) is 0.712. The van der Waals surface area contributed by atoms with Gasteiger partial charge in [-0.3, -0.25) is 0 Å². The number of halogens is 1. The molecule has 2 aromatic carbocycles. The summed E-state index contributed by atoms with van der Waals surface area (Å²) >= 11 is 7.37. The minimum Gasteiger partial charge on any atom is -0.493 e. The van der Waals surface area contributed by atoms with Gasteiger partial charge in [-0.25, -0.2) is 0 Å². The van der Waals surface area contributed by atoms with Gasteiger partial charge in [-0.1, -0.05) is 35.1 Å². The van der Waals surface area contributed by atoms with E-state index in [0.717, 1.165) is 10.6 Å². The molecular weight excluding hydrogens is 360 g/mol. The summed E-state index contributed by atoms with van der Waals surface area (Å²) in [5.41, 5.74) is 0.902. The number of fused-ring (bicyclic) bond motifs is 1. The predicted octanol–water partition coefficient (Wildman–Crippen LogP) is 4.09. The fourth-order valence-electron chi connectivity index (χ4n) is 2.37. The third-order valence-electron chi connectivity index (χ3n) is 3.56. The monoisotopic (exact) mass is 372 g/mol. The summed E-state index contributed by atoms with van der Waals surface area (Å²) in [5, 5.41) is 14.4. The van der Waals surface area contributed by atoms with Gasteiger partial charge in [0.2, 0.25) is 4.96 Å². The van der Waals surface area contributed by atoms with Crippen LogP contribution >= 0.6 is 22.9 Å². The van der Waals surface area contributed by atoms with Crippen LogP contribution in [0.1, 0.15) is 5.01 Å². The smallest absolute Gasteiger partial charge is 0.235 e. The summed E-state index contributed by atoms with van der Waals surface area (Å²) in [6.45, 7) is 0.328. The maximum Gasteiger partial charge on any atom is 0.235 e. The lowest BCUT2D eigenvalue weighted by atomic mass is 10.2. The van der Waals surface area contributed by atoms with Crippen LogP contribution in [-0.2, 0) is 6.61 Å². The third kappa shape index (κ3) is 3.16. The molecule has 0 spiro atoms. The first kappa shape index (κ1) is 15.9. The van der Waals surface area contributed by atoms with Gasteiger partial charge in [0.1, 0.15) is 6.61 Å². The Morgan fingerprint density at radius 2 is 1.80 bits per heavy atom. The molecular formula is C17H13ClN4O2S. The topological polar surface area (TPSA) is 61.5 Å². The van der Waals surface area contributed by atoms with E-state index >= 15 is 0 Å². The molecule has 126 valence electrons. The molecule has 0 N–H and O–H groups in total. The number of nitrogens with zero attached hydrogens (tertiary/aromatic N) is 4. The molecule has 0 saturated heterocycles. The number of benzene rings is 2. The molecule has 0 unspecified atom stereocenters. The molecule has 0 aliphatic heterocycles. The number of methoxy groups -OCH3 is 1. The van der Waals surface area contributed by atoms with E-state index in [4.69, 9.17) is 21.1 Å². The highest BCUT2D eigenvalue weighted by atomic mass is 35.5. The Morgan fingerprint density at radius 3 is 2.56 bits per heavy atom. The molecule has 0 aliphatic rings. The van der Waals surface area contributed by atoms with Gasteiger partial charge >= 0.3 is 0 Å². The molecule has 0 bridgehead atoms. The van der Waals surface area contributed by atoms with Crippen molar-refractivity contribution in [1.82, 2.24) is 19.8 Å². The van der Waals surface area contributed by atoms with Crippen LogP contribution in [0.3, 0.4) is 0 Å². The number of hydrogen-bond donors (Lipinski definition) is 0. The van der Waals surface area contributed by atoms with Crippen molar-refractivity contribution in [3.8, 4) is 22.9 Å².